The van der Waals surface area contributed by atoms with Crippen molar-refractivity contribution in [1.29, 1.82) is 0 Å². The molecule has 2 heterocycles. The summed E-state index contributed by atoms with van der Waals surface area (Å²) in [6.45, 7) is 5.19. The highest BCUT2D eigenvalue weighted by molar-refractivity contribution is 6.32. The van der Waals surface area contributed by atoms with Crippen LogP contribution in [0.3, 0.4) is 0 Å². The number of carbonyl (C=O) groups is 1. The van der Waals surface area contributed by atoms with Crippen molar-refractivity contribution >= 4 is 17.6 Å². The number of nitrogens with zero attached hydrogens (tertiary/aromatic N) is 3. The summed E-state index contributed by atoms with van der Waals surface area (Å²) in [6.07, 6.45) is -3.78. The van der Waals surface area contributed by atoms with Gasteiger partial charge in [-0.05, 0) is 39.3 Å². The van der Waals surface area contributed by atoms with E-state index in [4.69, 9.17) is 21.1 Å². The molecule has 0 spiro atoms. The van der Waals surface area contributed by atoms with Crippen LogP contribution < -0.4 is 4.74 Å². The van der Waals surface area contributed by atoms with E-state index in [2.05, 4.69) is 10.1 Å². The van der Waals surface area contributed by atoms with Crippen molar-refractivity contribution in [3.63, 3.8) is 0 Å². The smallest absolute Gasteiger partial charge is 0.395 e. The Morgan fingerprint density at radius 1 is 1.26 bits per heavy atom. The van der Waals surface area contributed by atoms with Crippen LogP contribution in [0.1, 0.15) is 37.6 Å². The summed E-state index contributed by atoms with van der Waals surface area (Å²) in [4.78, 5) is 16.2. The van der Waals surface area contributed by atoms with Crippen LogP contribution in [-0.2, 0) is 4.74 Å². The molecule has 1 fully saturated rings. The van der Waals surface area contributed by atoms with Gasteiger partial charge in [0.15, 0.2) is 5.82 Å². The van der Waals surface area contributed by atoms with E-state index >= 15 is 0 Å². The third-order valence-electron chi connectivity index (χ3n) is 3.68. The number of hydrogen-bond donors (Lipinski definition) is 0. The molecule has 0 amide bonds. The van der Waals surface area contributed by atoms with Gasteiger partial charge in [0.1, 0.15) is 16.9 Å². The van der Waals surface area contributed by atoms with E-state index in [1.165, 1.54) is 29.1 Å². The molecule has 2 aromatic heterocycles. The van der Waals surface area contributed by atoms with Crippen LogP contribution in [0, 0.1) is 5.92 Å². The summed E-state index contributed by atoms with van der Waals surface area (Å²) in [7, 11) is 0. The fourth-order valence-corrected chi connectivity index (χ4v) is 2.56. The Balaban J connectivity index is 1.70. The van der Waals surface area contributed by atoms with E-state index in [0.717, 1.165) is 0 Å². The van der Waals surface area contributed by atoms with Crippen LogP contribution in [0.15, 0.2) is 24.4 Å². The summed E-state index contributed by atoms with van der Waals surface area (Å²) in [5.74, 6) is -1.72. The van der Waals surface area contributed by atoms with Crippen molar-refractivity contribution in [2.24, 2.45) is 5.92 Å². The molecular formula is C17H17ClF3N3O3. The zero-order chi connectivity index (χ0) is 20.0. The molecule has 0 unspecified atom stereocenters. The molecule has 3 rings (SSSR count). The highest BCUT2D eigenvalue weighted by atomic mass is 35.5. The van der Waals surface area contributed by atoms with E-state index in [1.807, 2.05) is 0 Å². The van der Waals surface area contributed by atoms with Crippen LogP contribution in [0.25, 0.3) is 5.82 Å². The summed E-state index contributed by atoms with van der Waals surface area (Å²) in [5.41, 5.74) is -0.574. The Bertz CT molecular complexity index is 861. The fourth-order valence-electron chi connectivity index (χ4n) is 2.34. The van der Waals surface area contributed by atoms with Gasteiger partial charge in [-0.25, -0.2) is 14.5 Å². The quantitative estimate of drug-likeness (QED) is 0.565. The molecule has 0 aliphatic heterocycles. The van der Waals surface area contributed by atoms with Crippen LogP contribution in [0.4, 0.5) is 13.2 Å². The SMILES string of the molecule is CC(C)(C)OC(=O)c1ccc(-n2ccc(O[C@@H]3C[C@H]3C(F)(F)F)n2)nc1Cl. The van der Waals surface area contributed by atoms with Gasteiger partial charge in [-0.2, -0.15) is 13.2 Å². The van der Waals surface area contributed by atoms with E-state index in [-0.39, 0.29) is 28.8 Å². The zero-order valence-corrected chi connectivity index (χ0v) is 15.5. The van der Waals surface area contributed by atoms with Gasteiger partial charge >= 0.3 is 12.1 Å². The number of esters is 1. The second-order valence-corrected chi connectivity index (χ2v) is 7.51. The number of halogens is 4. The molecule has 0 radical (unpaired) electrons. The maximum absolute atomic E-state index is 12.5. The highest BCUT2D eigenvalue weighted by Crippen LogP contribution is 2.46. The Morgan fingerprint density at radius 3 is 2.52 bits per heavy atom. The first-order valence-electron chi connectivity index (χ1n) is 8.13. The van der Waals surface area contributed by atoms with Gasteiger partial charge < -0.3 is 9.47 Å². The van der Waals surface area contributed by atoms with Gasteiger partial charge in [-0.1, -0.05) is 11.6 Å². The van der Waals surface area contributed by atoms with Gasteiger partial charge in [-0.3, -0.25) is 0 Å². The first-order chi connectivity index (χ1) is 12.4. The first kappa shape index (κ1) is 19.5. The Kier molecular flexibility index (Phi) is 4.83. The number of aromatic nitrogens is 3. The molecule has 146 valence electrons. The predicted molar refractivity (Wildman–Crippen MR) is 90.1 cm³/mol. The molecule has 27 heavy (non-hydrogen) atoms. The number of hydrogen-bond acceptors (Lipinski definition) is 5. The largest absolute Gasteiger partial charge is 0.473 e. The number of ether oxygens (including phenoxy) is 2. The lowest BCUT2D eigenvalue weighted by Crippen LogP contribution is -2.24. The number of pyridine rings is 1. The highest BCUT2D eigenvalue weighted by Gasteiger charge is 2.57. The van der Waals surface area contributed by atoms with E-state index in [9.17, 15) is 18.0 Å². The molecule has 0 N–H and O–H groups in total. The minimum Gasteiger partial charge on any atom is -0.473 e. The monoisotopic (exact) mass is 403 g/mol. The van der Waals surface area contributed by atoms with Crippen LogP contribution in [0.5, 0.6) is 5.88 Å². The standard InChI is InChI=1S/C17H17ClF3N3O3/c1-16(2,3)27-15(25)9-4-5-12(22-14(9)18)24-7-6-13(23-24)26-11-8-10(11)17(19,20)21/h4-7,10-11H,8H2,1-3H3/t10-,11-/m1/s1. The Morgan fingerprint density at radius 2 is 1.96 bits per heavy atom. The lowest BCUT2D eigenvalue weighted by atomic mass is 10.2. The maximum Gasteiger partial charge on any atom is 0.395 e. The third-order valence-corrected chi connectivity index (χ3v) is 3.96. The lowest BCUT2D eigenvalue weighted by molar-refractivity contribution is -0.153. The second kappa shape index (κ2) is 6.70. The molecule has 0 bridgehead atoms. The first-order valence-corrected chi connectivity index (χ1v) is 8.51. The molecule has 1 aliphatic carbocycles. The normalized spacial score (nSPS) is 19.7. The molecule has 10 heteroatoms. The van der Waals surface area contributed by atoms with Gasteiger partial charge in [0.25, 0.3) is 0 Å². The van der Waals surface area contributed by atoms with Crippen molar-refractivity contribution in [2.75, 3.05) is 0 Å². The molecule has 2 aromatic rings. The van der Waals surface area contributed by atoms with Gasteiger partial charge in [-0.15, -0.1) is 5.10 Å². The van der Waals surface area contributed by atoms with E-state index in [0.29, 0.717) is 0 Å². The van der Waals surface area contributed by atoms with Crippen LogP contribution in [-0.4, -0.2) is 38.6 Å². The minimum atomic E-state index is -4.26. The molecule has 2 atom stereocenters. The van der Waals surface area contributed by atoms with Crippen molar-refractivity contribution in [2.45, 2.75) is 45.1 Å². The predicted octanol–water partition coefficient (Wildman–Crippen LogP) is 4.21. The molecule has 0 saturated heterocycles. The fraction of sp³-hybridized carbons (Fsp3) is 0.471. The topological polar surface area (TPSA) is 66.2 Å². The van der Waals surface area contributed by atoms with Crippen LogP contribution in [0.2, 0.25) is 5.15 Å². The van der Waals surface area contributed by atoms with Gasteiger partial charge in [0.2, 0.25) is 5.88 Å². The average Bonchev–Trinajstić information content (AvgIpc) is 3.13. The number of carbonyl (C=O) groups excluding carboxylic acids is 1. The Hall–Kier alpha value is -2.29. The van der Waals surface area contributed by atoms with E-state index in [1.54, 1.807) is 20.8 Å². The zero-order valence-electron chi connectivity index (χ0n) is 14.7. The summed E-state index contributed by atoms with van der Waals surface area (Å²) >= 11 is 6.06. The lowest BCUT2D eigenvalue weighted by Gasteiger charge is -2.19. The molecule has 1 aliphatic rings. The maximum atomic E-state index is 12.5. The number of alkyl halides is 3. The van der Waals surface area contributed by atoms with Gasteiger partial charge in [0, 0.05) is 12.3 Å². The van der Waals surface area contributed by atoms with Crippen LogP contribution >= 0.6 is 11.6 Å². The third kappa shape index (κ3) is 4.71. The summed E-state index contributed by atoms with van der Waals surface area (Å²) < 4.78 is 49.4. The molecule has 1 saturated carbocycles. The molecular weight excluding hydrogens is 387 g/mol. The minimum absolute atomic E-state index is 0.0564. The summed E-state index contributed by atoms with van der Waals surface area (Å²) in [5, 5.41) is 3.97. The Labute approximate surface area is 158 Å². The van der Waals surface area contributed by atoms with E-state index < -0.39 is 29.8 Å². The summed E-state index contributed by atoms with van der Waals surface area (Å²) in [6, 6.07) is 4.38. The number of rotatable bonds is 4. The van der Waals surface area contributed by atoms with Crippen molar-refractivity contribution in [3.8, 4) is 11.7 Å². The van der Waals surface area contributed by atoms with Crippen molar-refractivity contribution in [1.82, 2.24) is 14.8 Å². The average molecular weight is 404 g/mol. The van der Waals surface area contributed by atoms with Gasteiger partial charge in [0.05, 0.1) is 11.5 Å². The van der Waals surface area contributed by atoms with Crippen molar-refractivity contribution < 1.29 is 27.4 Å². The molecule has 0 aromatic carbocycles. The second-order valence-electron chi connectivity index (χ2n) is 7.15. The molecule has 6 nitrogen and oxygen atoms in total. The van der Waals surface area contributed by atoms with Crippen molar-refractivity contribution in [3.05, 3.63) is 35.1 Å².